The van der Waals surface area contributed by atoms with Crippen molar-refractivity contribution in [2.24, 2.45) is 0 Å². The molecule has 5 heteroatoms. The first-order valence-electron chi connectivity index (χ1n) is 6.00. The highest BCUT2D eigenvalue weighted by Crippen LogP contribution is 2.34. The summed E-state index contributed by atoms with van der Waals surface area (Å²) < 4.78 is 38.2. The van der Waals surface area contributed by atoms with E-state index in [9.17, 15) is 18.3 Å². The molecule has 0 aliphatic heterocycles. The van der Waals surface area contributed by atoms with E-state index in [2.05, 4.69) is 5.32 Å². The molecule has 0 unspecified atom stereocenters. The van der Waals surface area contributed by atoms with E-state index in [1.54, 1.807) is 6.07 Å². The maximum Gasteiger partial charge on any atom is 0.416 e. The van der Waals surface area contributed by atoms with Crippen molar-refractivity contribution in [3.8, 4) is 0 Å². The fraction of sp³-hybridized carbons (Fsp3) is 0.538. The van der Waals surface area contributed by atoms with Crippen LogP contribution in [-0.2, 0) is 6.18 Å². The van der Waals surface area contributed by atoms with Gasteiger partial charge >= 0.3 is 6.18 Å². The highest BCUT2D eigenvalue weighted by atomic mass is 19.4. The Bertz CT molecular complexity index is 431. The standard InChI is InChI=1S/C13H16F3NO/c1-8-5-6-9(7-10(8)13(14,15)16)17-11-3-2-4-12(11)18/h5-7,11-12,17-18H,2-4H2,1H3/t11-,12-/m1/s1. The summed E-state index contributed by atoms with van der Waals surface area (Å²) in [6, 6.07) is 4.04. The van der Waals surface area contributed by atoms with Gasteiger partial charge in [0, 0.05) is 5.69 Å². The minimum Gasteiger partial charge on any atom is -0.391 e. The van der Waals surface area contributed by atoms with Crippen LogP contribution < -0.4 is 5.32 Å². The van der Waals surface area contributed by atoms with Gasteiger partial charge in [-0.15, -0.1) is 0 Å². The van der Waals surface area contributed by atoms with E-state index >= 15 is 0 Å². The number of benzene rings is 1. The van der Waals surface area contributed by atoms with Crippen LogP contribution in [0, 0.1) is 6.92 Å². The highest BCUT2D eigenvalue weighted by Gasteiger charge is 2.33. The molecule has 100 valence electrons. The van der Waals surface area contributed by atoms with Crippen molar-refractivity contribution in [3.63, 3.8) is 0 Å². The summed E-state index contributed by atoms with van der Waals surface area (Å²) in [4.78, 5) is 0. The quantitative estimate of drug-likeness (QED) is 0.853. The van der Waals surface area contributed by atoms with Crippen LogP contribution in [-0.4, -0.2) is 17.3 Å². The van der Waals surface area contributed by atoms with Crippen molar-refractivity contribution < 1.29 is 18.3 Å². The molecule has 1 aliphatic carbocycles. The third-order valence-corrected chi connectivity index (χ3v) is 3.37. The predicted octanol–water partition coefficient (Wildman–Crippen LogP) is 3.34. The summed E-state index contributed by atoms with van der Waals surface area (Å²) in [6.07, 6.45) is -2.42. The lowest BCUT2D eigenvalue weighted by Crippen LogP contribution is -2.28. The normalized spacial score (nSPS) is 24.3. The minimum absolute atomic E-state index is 0.145. The maximum atomic E-state index is 12.7. The molecule has 0 bridgehead atoms. The molecule has 2 nitrogen and oxygen atoms in total. The largest absolute Gasteiger partial charge is 0.416 e. The topological polar surface area (TPSA) is 32.3 Å². The molecule has 1 aromatic rings. The first kappa shape index (κ1) is 13.2. The number of hydrogen-bond acceptors (Lipinski definition) is 2. The Hall–Kier alpha value is -1.23. The summed E-state index contributed by atoms with van der Waals surface area (Å²) in [5.74, 6) is 0. The second-order valence-corrected chi connectivity index (χ2v) is 4.78. The van der Waals surface area contributed by atoms with Gasteiger partial charge in [0.25, 0.3) is 0 Å². The van der Waals surface area contributed by atoms with Crippen molar-refractivity contribution in [1.82, 2.24) is 0 Å². The number of halogens is 3. The van der Waals surface area contributed by atoms with Gasteiger partial charge in [-0.3, -0.25) is 0 Å². The van der Waals surface area contributed by atoms with Crippen LogP contribution in [0.3, 0.4) is 0 Å². The van der Waals surface area contributed by atoms with E-state index in [0.29, 0.717) is 12.1 Å². The molecule has 0 heterocycles. The van der Waals surface area contributed by atoms with Gasteiger partial charge in [-0.2, -0.15) is 13.2 Å². The number of aliphatic hydroxyl groups is 1. The Labute approximate surface area is 104 Å². The first-order chi connectivity index (χ1) is 8.38. The molecule has 2 N–H and O–H groups in total. The minimum atomic E-state index is -4.34. The Morgan fingerprint density at radius 1 is 1.28 bits per heavy atom. The average Bonchev–Trinajstić information content (AvgIpc) is 2.66. The Morgan fingerprint density at radius 2 is 2.00 bits per heavy atom. The lowest BCUT2D eigenvalue weighted by atomic mass is 10.1. The summed E-state index contributed by atoms with van der Waals surface area (Å²) in [6.45, 7) is 1.44. The molecule has 1 aromatic carbocycles. The van der Waals surface area contributed by atoms with E-state index in [0.717, 1.165) is 18.9 Å². The second kappa shape index (κ2) is 4.80. The fourth-order valence-corrected chi connectivity index (χ4v) is 2.34. The number of alkyl halides is 3. The van der Waals surface area contributed by atoms with Crippen LogP contribution in [0.4, 0.5) is 18.9 Å². The lowest BCUT2D eigenvalue weighted by Gasteiger charge is -2.19. The molecule has 0 radical (unpaired) electrons. The zero-order valence-corrected chi connectivity index (χ0v) is 10.1. The van der Waals surface area contributed by atoms with Crippen LogP contribution in [0.5, 0.6) is 0 Å². The first-order valence-corrected chi connectivity index (χ1v) is 6.00. The van der Waals surface area contributed by atoms with E-state index in [1.807, 2.05) is 0 Å². The number of rotatable bonds is 2. The summed E-state index contributed by atoms with van der Waals surface area (Å²) in [5, 5.41) is 12.6. The molecular formula is C13H16F3NO. The average molecular weight is 259 g/mol. The van der Waals surface area contributed by atoms with Crippen molar-refractivity contribution >= 4 is 5.69 Å². The molecule has 0 amide bonds. The molecule has 0 aromatic heterocycles. The predicted molar refractivity (Wildman–Crippen MR) is 63.4 cm³/mol. The zero-order valence-electron chi connectivity index (χ0n) is 10.1. The number of nitrogens with one attached hydrogen (secondary N) is 1. The molecule has 18 heavy (non-hydrogen) atoms. The molecule has 1 fully saturated rings. The van der Waals surface area contributed by atoms with Crippen LogP contribution in [0.2, 0.25) is 0 Å². The van der Waals surface area contributed by atoms with Gasteiger partial charge in [-0.25, -0.2) is 0 Å². The second-order valence-electron chi connectivity index (χ2n) is 4.78. The SMILES string of the molecule is Cc1ccc(N[C@@H]2CCC[C@H]2O)cc1C(F)(F)F. The molecule has 1 saturated carbocycles. The maximum absolute atomic E-state index is 12.7. The van der Waals surface area contributed by atoms with Crippen LogP contribution >= 0.6 is 0 Å². The molecule has 1 aliphatic rings. The van der Waals surface area contributed by atoms with Crippen molar-refractivity contribution in [2.45, 2.75) is 44.5 Å². The number of anilines is 1. The number of aryl methyl sites for hydroxylation is 1. The summed E-state index contributed by atoms with van der Waals surface area (Å²) in [7, 11) is 0. The fourth-order valence-electron chi connectivity index (χ4n) is 2.34. The molecular weight excluding hydrogens is 243 g/mol. The van der Waals surface area contributed by atoms with Gasteiger partial charge in [-0.05, 0) is 43.9 Å². The van der Waals surface area contributed by atoms with Crippen molar-refractivity contribution in [2.75, 3.05) is 5.32 Å². The number of hydrogen-bond donors (Lipinski definition) is 2. The molecule has 2 atom stereocenters. The Balaban J connectivity index is 2.19. The van der Waals surface area contributed by atoms with E-state index < -0.39 is 17.8 Å². The van der Waals surface area contributed by atoms with Crippen LogP contribution in [0.1, 0.15) is 30.4 Å². The molecule has 0 saturated heterocycles. The van der Waals surface area contributed by atoms with Crippen LogP contribution in [0.15, 0.2) is 18.2 Å². The van der Waals surface area contributed by atoms with Gasteiger partial charge in [0.2, 0.25) is 0 Å². The van der Waals surface area contributed by atoms with Crippen LogP contribution in [0.25, 0.3) is 0 Å². The third-order valence-electron chi connectivity index (χ3n) is 3.37. The monoisotopic (exact) mass is 259 g/mol. The van der Waals surface area contributed by atoms with Crippen molar-refractivity contribution in [1.29, 1.82) is 0 Å². The van der Waals surface area contributed by atoms with E-state index in [-0.39, 0.29) is 11.6 Å². The van der Waals surface area contributed by atoms with Crippen molar-refractivity contribution in [3.05, 3.63) is 29.3 Å². The van der Waals surface area contributed by atoms with E-state index in [4.69, 9.17) is 0 Å². The van der Waals surface area contributed by atoms with Gasteiger partial charge in [0.05, 0.1) is 17.7 Å². The summed E-state index contributed by atoms with van der Waals surface area (Å²) in [5.41, 5.74) is -0.00104. The van der Waals surface area contributed by atoms with Gasteiger partial charge in [0.1, 0.15) is 0 Å². The lowest BCUT2D eigenvalue weighted by molar-refractivity contribution is -0.138. The Morgan fingerprint density at radius 3 is 2.56 bits per heavy atom. The van der Waals surface area contributed by atoms with Gasteiger partial charge in [0.15, 0.2) is 0 Å². The smallest absolute Gasteiger partial charge is 0.391 e. The highest BCUT2D eigenvalue weighted by molar-refractivity contribution is 5.50. The van der Waals surface area contributed by atoms with Gasteiger partial charge < -0.3 is 10.4 Å². The third kappa shape index (κ3) is 2.77. The Kier molecular flexibility index (Phi) is 3.52. The molecule has 0 spiro atoms. The van der Waals surface area contributed by atoms with E-state index in [1.165, 1.54) is 13.0 Å². The zero-order chi connectivity index (χ0) is 13.3. The number of aliphatic hydroxyl groups excluding tert-OH is 1. The molecule has 2 rings (SSSR count). The summed E-state index contributed by atoms with van der Waals surface area (Å²) >= 11 is 0. The van der Waals surface area contributed by atoms with Gasteiger partial charge in [-0.1, -0.05) is 6.07 Å².